The van der Waals surface area contributed by atoms with Crippen molar-refractivity contribution in [2.24, 2.45) is 0 Å². The number of Topliss-reactive ketones (excluding diaryl/α,β-unsaturated/α-hetero) is 1. The molecule has 0 aromatic heterocycles. The van der Waals surface area contributed by atoms with Crippen molar-refractivity contribution in [2.45, 2.75) is 25.7 Å². The van der Waals surface area contributed by atoms with E-state index in [0.717, 1.165) is 22.3 Å². The highest BCUT2D eigenvalue weighted by Gasteiger charge is 2.34. The first-order chi connectivity index (χ1) is 12.0. The van der Waals surface area contributed by atoms with Crippen molar-refractivity contribution in [2.75, 3.05) is 21.3 Å². The molecule has 0 bridgehead atoms. The molecule has 0 fully saturated rings. The van der Waals surface area contributed by atoms with E-state index < -0.39 is 0 Å². The molecule has 1 unspecified atom stereocenters. The molecule has 0 aliphatic heterocycles. The lowest BCUT2D eigenvalue weighted by molar-refractivity contribution is -0.119. The standard InChI is InChI=1S/C20H21ClO4/c1-11-6-5-7-14(18(11)21)15-10-13(22)8-12-9-16(23-2)19(24-3)20(25-4)17(12)15/h5-7,9,15H,8,10H2,1-4H3. The Morgan fingerprint density at radius 3 is 2.44 bits per heavy atom. The number of halogens is 1. The zero-order chi connectivity index (χ0) is 18.1. The Balaban J connectivity index is 2.29. The number of carbonyl (C=O) groups is 1. The third-order valence-corrected chi connectivity index (χ3v) is 5.24. The summed E-state index contributed by atoms with van der Waals surface area (Å²) in [7, 11) is 4.75. The number of hydrogen-bond donors (Lipinski definition) is 0. The van der Waals surface area contributed by atoms with Gasteiger partial charge in [-0.15, -0.1) is 0 Å². The van der Waals surface area contributed by atoms with Crippen molar-refractivity contribution >= 4 is 17.4 Å². The van der Waals surface area contributed by atoms with Gasteiger partial charge in [-0.2, -0.15) is 0 Å². The number of fused-ring (bicyclic) bond motifs is 1. The molecule has 25 heavy (non-hydrogen) atoms. The van der Waals surface area contributed by atoms with Gasteiger partial charge >= 0.3 is 0 Å². The summed E-state index contributed by atoms with van der Waals surface area (Å²) >= 11 is 6.56. The average molecular weight is 361 g/mol. The third-order valence-electron chi connectivity index (χ3n) is 4.72. The molecule has 5 heteroatoms. The molecular weight excluding hydrogens is 340 g/mol. The molecule has 4 nitrogen and oxygen atoms in total. The zero-order valence-corrected chi connectivity index (χ0v) is 15.6. The normalized spacial score (nSPS) is 16.4. The van der Waals surface area contributed by atoms with Crippen LogP contribution in [-0.2, 0) is 11.2 Å². The molecule has 132 valence electrons. The second-order valence-electron chi connectivity index (χ2n) is 6.17. The Hall–Kier alpha value is -2.20. The van der Waals surface area contributed by atoms with E-state index in [0.29, 0.717) is 35.1 Å². The summed E-state index contributed by atoms with van der Waals surface area (Å²) in [6.07, 6.45) is 0.744. The van der Waals surface area contributed by atoms with Crippen LogP contribution in [0.1, 0.15) is 34.6 Å². The molecule has 0 saturated carbocycles. The highest BCUT2D eigenvalue weighted by Crippen LogP contribution is 2.50. The second-order valence-corrected chi connectivity index (χ2v) is 6.55. The fourth-order valence-electron chi connectivity index (χ4n) is 3.58. The topological polar surface area (TPSA) is 44.8 Å². The smallest absolute Gasteiger partial charge is 0.203 e. The monoisotopic (exact) mass is 360 g/mol. The van der Waals surface area contributed by atoms with Crippen molar-refractivity contribution in [1.29, 1.82) is 0 Å². The molecule has 2 aromatic carbocycles. The van der Waals surface area contributed by atoms with E-state index in [1.807, 2.05) is 31.2 Å². The fourth-order valence-corrected chi connectivity index (χ4v) is 3.83. The van der Waals surface area contributed by atoms with Gasteiger partial charge in [0.1, 0.15) is 5.78 Å². The van der Waals surface area contributed by atoms with E-state index in [9.17, 15) is 4.79 Å². The number of hydrogen-bond acceptors (Lipinski definition) is 4. The maximum absolute atomic E-state index is 12.4. The first-order valence-electron chi connectivity index (χ1n) is 8.10. The Labute approximate surface area is 152 Å². The number of ketones is 1. The Kier molecular flexibility index (Phi) is 4.91. The second kappa shape index (κ2) is 6.96. The molecule has 0 radical (unpaired) electrons. The van der Waals surface area contributed by atoms with E-state index >= 15 is 0 Å². The maximum atomic E-state index is 12.4. The number of benzene rings is 2. The van der Waals surface area contributed by atoms with Gasteiger partial charge in [-0.25, -0.2) is 0 Å². The predicted octanol–water partition coefficient (Wildman–Crippen LogP) is 4.32. The van der Waals surface area contributed by atoms with Crippen LogP contribution >= 0.6 is 11.6 Å². The average Bonchev–Trinajstić information content (AvgIpc) is 2.61. The summed E-state index contributed by atoms with van der Waals surface area (Å²) in [5.41, 5.74) is 3.76. The lowest BCUT2D eigenvalue weighted by Crippen LogP contribution is -2.21. The summed E-state index contributed by atoms with van der Waals surface area (Å²) in [5, 5.41) is 0.685. The highest BCUT2D eigenvalue weighted by molar-refractivity contribution is 6.32. The van der Waals surface area contributed by atoms with Gasteiger partial charge in [-0.1, -0.05) is 29.8 Å². The summed E-state index contributed by atoms with van der Waals surface area (Å²) < 4.78 is 16.6. The number of carbonyl (C=O) groups excluding carboxylic acids is 1. The van der Waals surface area contributed by atoms with E-state index in [1.165, 1.54) is 0 Å². The molecule has 2 aromatic rings. The van der Waals surface area contributed by atoms with Crippen molar-refractivity contribution in [1.82, 2.24) is 0 Å². The molecule has 3 rings (SSSR count). The molecule has 1 aliphatic carbocycles. The van der Waals surface area contributed by atoms with E-state index in [-0.39, 0.29) is 11.7 Å². The van der Waals surface area contributed by atoms with Gasteiger partial charge in [0.2, 0.25) is 5.75 Å². The van der Waals surface area contributed by atoms with Crippen LogP contribution in [0, 0.1) is 6.92 Å². The van der Waals surface area contributed by atoms with Crippen molar-refractivity contribution in [3.63, 3.8) is 0 Å². The van der Waals surface area contributed by atoms with Crippen LogP contribution in [-0.4, -0.2) is 27.1 Å². The molecule has 0 spiro atoms. The molecule has 1 atom stereocenters. The third kappa shape index (κ3) is 2.95. The van der Waals surface area contributed by atoms with Crippen LogP contribution in [0.2, 0.25) is 5.02 Å². The summed E-state index contributed by atoms with van der Waals surface area (Å²) in [4.78, 5) is 12.4. The number of aryl methyl sites for hydroxylation is 1. The summed E-state index contributed by atoms with van der Waals surface area (Å²) in [6.45, 7) is 1.96. The molecule has 0 amide bonds. The van der Waals surface area contributed by atoms with Gasteiger partial charge in [-0.05, 0) is 29.7 Å². The van der Waals surface area contributed by atoms with Crippen LogP contribution in [0.25, 0.3) is 0 Å². The number of rotatable bonds is 4. The van der Waals surface area contributed by atoms with Crippen molar-refractivity contribution < 1.29 is 19.0 Å². The van der Waals surface area contributed by atoms with Gasteiger partial charge in [-0.3, -0.25) is 4.79 Å². The minimum absolute atomic E-state index is 0.168. The van der Waals surface area contributed by atoms with Crippen LogP contribution < -0.4 is 14.2 Å². The first-order valence-corrected chi connectivity index (χ1v) is 8.48. The molecule has 1 aliphatic rings. The minimum atomic E-state index is -0.168. The van der Waals surface area contributed by atoms with Crippen molar-refractivity contribution in [3.05, 3.63) is 51.5 Å². The molecule has 0 heterocycles. The van der Waals surface area contributed by atoms with Gasteiger partial charge in [0.25, 0.3) is 0 Å². The summed E-state index contributed by atoms with van der Waals surface area (Å²) in [6, 6.07) is 7.76. The van der Waals surface area contributed by atoms with Crippen LogP contribution in [0.4, 0.5) is 0 Å². The first kappa shape index (κ1) is 17.6. The SMILES string of the molecule is COc1cc2c(c(OC)c1OC)C(c1cccc(C)c1Cl)CC(=O)C2. The maximum Gasteiger partial charge on any atom is 0.203 e. The number of ether oxygens (including phenoxy) is 3. The highest BCUT2D eigenvalue weighted by atomic mass is 35.5. The summed E-state index contributed by atoms with van der Waals surface area (Å²) in [5.74, 6) is 1.70. The van der Waals surface area contributed by atoms with Crippen LogP contribution in [0.5, 0.6) is 17.2 Å². The Morgan fingerprint density at radius 2 is 1.80 bits per heavy atom. The van der Waals surface area contributed by atoms with Crippen molar-refractivity contribution in [3.8, 4) is 17.2 Å². The van der Waals surface area contributed by atoms with Gasteiger partial charge in [0.05, 0.1) is 21.3 Å². The van der Waals surface area contributed by atoms with Gasteiger partial charge in [0, 0.05) is 29.3 Å². The van der Waals surface area contributed by atoms with E-state index in [2.05, 4.69) is 0 Å². The molecule has 0 N–H and O–H groups in total. The molecule has 0 saturated heterocycles. The van der Waals surface area contributed by atoms with Gasteiger partial charge in [0.15, 0.2) is 11.5 Å². The van der Waals surface area contributed by atoms with Crippen LogP contribution in [0.3, 0.4) is 0 Å². The molecular formula is C20H21ClO4. The van der Waals surface area contributed by atoms with Gasteiger partial charge < -0.3 is 14.2 Å². The largest absolute Gasteiger partial charge is 0.493 e. The Bertz CT molecular complexity index is 829. The lowest BCUT2D eigenvalue weighted by atomic mass is 9.77. The quantitative estimate of drug-likeness (QED) is 0.814. The van der Waals surface area contributed by atoms with E-state index in [4.69, 9.17) is 25.8 Å². The lowest BCUT2D eigenvalue weighted by Gasteiger charge is -2.29. The fraction of sp³-hybridized carbons (Fsp3) is 0.350. The predicted molar refractivity (Wildman–Crippen MR) is 97.5 cm³/mol. The zero-order valence-electron chi connectivity index (χ0n) is 14.8. The number of methoxy groups -OCH3 is 3. The van der Waals surface area contributed by atoms with E-state index in [1.54, 1.807) is 21.3 Å². The minimum Gasteiger partial charge on any atom is -0.493 e. The van der Waals surface area contributed by atoms with Crippen LogP contribution in [0.15, 0.2) is 24.3 Å². The Morgan fingerprint density at radius 1 is 1.08 bits per heavy atom.